The van der Waals surface area contributed by atoms with Crippen LogP contribution in [0.25, 0.3) is 33.0 Å². The largest absolute Gasteiger partial charge is 0.496 e. The van der Waals surface area contributed by atoms with Crippen molar-refractivity contribution in [2.75, 3.05) is 26.2 Å². The Balaban J connectivity index is 1.19. The molecule has 4 heterocycles. The van der Waals surface area contributed by atoms with Gasteiger partial charge in [0, 0.05) is 35.2 Å². The molecule has 15 heteroatoms. The second-order valence-electron chi connectivity index (χ2n) is 9.43. The van der Waals surface area contributed by atoms with Gasteiger partial charge in [-0.3, -0.25) is 10.2 Å². The molecule has 0 spiro atoms. The molecule has 0 fully saturated rings. The van der Waals surface area contributed by atoms with Crippen molar-refractivity contribution in [3.63, 3.8) is 0 Å². The van der Waals surface area contributed by atoms with Crippen LogP contribution in [0, 0.1) is 6.92 Å². The first-order valence-electron chi connectivity index (χ1n) is 12.8. The third kappa shape index (κ3) is 6.14. The van der Waals surface area contributed by atoms with Crippen LogP contribution in [-0.2, 0) is 11.3 Å². The number of aromatic nitrogens is 3. The number of amides is 1. The first-order valence-corrected chi connectivity index (χ1v) is 14.5. The molecule has 1 unspecified atom stereocenters. The average Bonchev–Trinajstić information content (AvgIpc) is 3.76. The lowest BCUT2D eigenvalue weighted by atomic mass is 10.1. The number of carbonyl (C=O) groups is 1. The number of imidazole rings is 1. The predicted octanol–water partition coefficient (Wildman–Crippen LogP) is 6.19. The molecule has 1 atom stereocenters. The fourth-order valence-electron chi connectivity index (χ4n) is 4.32. The number of benzene rings is 2. The Morgan fingerprint density at radius 3 is 2.65 bits per heavy atom. The molecule has 2 N–H and O–H groups in total. The van der Waals surface area contributed by atoms with E-state index in [-0.39, 0.29) is 17.7 Å². The van der Waals surface area contributed by atoms with Crippen LogP contribution >= 0.6 is 23.1 Å². The monoisotopic (exact) mass is 631 g/mol. The molecule has 0 bridgehead atoms. The van der Waals surface area contributed by atoms with E-state index in [1.807, 2.05) is 24.5 Å². The average molecular weight is 632 g/mol. The molecular formula is C28H24F3N5O5S2. The van der Waals surface area contributed by atoms with E-state index in [2.05, 4.69) is 10.4 Å². The molecule has 1 aliphatic heterocycles. The molecule has 224 valence electrons. The second kappa shape index (κ2) is 11.5. The molecule has 43 heavy (non-hydrogen) atoms. The van der Waals surface area contributed by atoms with E-state index in [1.54, 1.807) is 43.2 Å². The molecule has 10 nitrogen and oxygen atoms in total. The van der Waals surface area contributed by atoms with Crippen molar-refractivity contribution < 1.29 is 36.6 Å². The van der Waals surface area contributed by atoms with Gasteiger partial charge in [-0.15, -0.1) is 11.3 Å². The minimum absolute atomic E-state index is 0.126. The molecule has 0 radical (unpaired) electrons. The van der Waals surface area contributed by atoms with Gasteiger partial charge in [-0.05, 0) is 36.9 Å². The van der Waals surface area contributed by atoms with Crippen molar-refractivity contribution in [1.29, 1.82) is 0 Å². The number of methoxy groups -OCH3 is 2. The lowest BCUT2D eigenvalue weighted by Crippen LogP contribution is -2.33. The number of nitrogens with zero attached hydrogens (tertiary/aromatic N) is 3. The molecule has 3 aromatic heterocycles. The normalized spacial score (nSPS) is 14.5. The van der Waals surface area contributed by atoms with Crippen molar-refractivity contribution in [2.24, 2.45) is 0 Å². The van der Waals surface area contributed by atoms with Gasteiger partial charge in [0.25, 0.3) is 5.91 Å². The molecule has 0 saturated heterocycles. The number of hydrogen-bond acceptors (Lipinski definition) is 10. The number of carbonyl (C=O) groups excluding carboxylic acids is 1. The van der Waals surface area contributed by atoms with Crippen LogP contribution in [0.3, 0.4) is 0 Å². The fraction of sp³-hybridized carbons (Fsp3) is 0.250. The smallest absolute Gasteiger partial charge is 0.405 e. The number of alkyl halides is 3. The van der Waals surface area contributed by atoms with Gasteiger partial charge in [-0.1, -0.05) is 12.1 Å². The Morgan fingerprint density at radius 1 is 1.16 bits per heavy atom. The number of ether oxygens (including phenoxy) is 3. The van der Waals surface area contributed by atoms with Crippen LogP contribution in [0.4, 0.5) is 13.2 Å². The molecule has 0 aliphatic carbocycles. The van der Waals surface area contributed by atoms with E-state index in [9.17, 15) is 18.0 Å². The van der Waals surface area contributed by atoms with E-state index in [4.69, 9.17) is 23.6 Å². The van der Waals surface area contributed by atoms with E-state index >= 15 is 0 Å². The van der Waals surface area contributed by atoms with E-state index in [0.717, 1.165) is 21.0 Å². The van der Waals surface area contributed by atoms with Crippen LogP contribution in [0.15, 0.2) is 58.2 Å². The van der Waals surface area contributed by atoms with Crippen molar-refractivity contribution in [2.45, 2.75) is 30.4 Å². The predicted molar refractivity (Wildman–Crippen MR) is 155 cm³/mol. The summed E-state index contributed by atoms with van der Waals surface area (Å²) in [6.45, 7) is 0.703. The maximum absolute atomic E-state index is 12.4. The Bertz CT molecular complexity index is 1780. The zero-order valence-corrected chi connectivity index (χ0v) is 24.6. The van der Waals surface area contributed by atoms with Crippen LogP contribution in [0.5, 0.6) is 11.5 Å². The van der Waals surface area contributed by atoms with E-state index in [1.165, 1.54) is 35.2 Å². The Kier molecular flexibility index (Phi) is 7.70. The van der Waals surface area contributed by atoms with Gasteiger partial charge in [0.15, 0.2) is 16.5 Å². The second-order valence-corrected chi connectivity index (χ2v) is 11.7. The Morgan fingerprint density at radius 2 is 1.95 bits per heavy atom. The van der Waals surface area contributed by atoms with Gasteiger partial charge < -0.3 is 23.9 Å². The van der Waals surface area contributed by atoms with Crippen LogP contribution in [0.1, 0.15) is 20.9 Å². The van der Waals surface area contributed by atoms with Gasteiger partial charge in [0.1, 0.15) is 40.9 Å². The number of halogens is 3. The lowest BCUT2D eigenvalue weighted by molar-refractivity contribution is -0.123. The third-order valence-electron chi connectivity index (χ3n) is 6.51. The van der Waals surface area contributed by atoms with Gasteiger partial charge in [0.2, 0.25) is 0 Å². The number of rotatable bonds is 9. The maximum atomic E-state index is 12.4. The standard InChI is InChI=1S/C28H24F3N5O5S2/c1-14-20(33-25(42-14)16-6-4-15(5-7-16)24(37)32-13-28(29,30)31)12-40-21-8-17(38-2)9-22-18(21)10-23(41-22)19-11-36-26(34-19)43-27(35-36)39-3/h4-11,27,35H,12-13H2,1-3H3,(H,32,37). The lowest BCUT2D eigenvalue weighted by Gasteiger charge is -2.08. The summed E-state index contributed by atoms with van der Waals surface area (Å²) in [7, 11) is 3.18. The molecule has 0 saturated carbocycles. The van der Waals surface area contributed by atoms with Crippen LogP contribution in [0.2, 0.25) is 0 Å². The van der Waals surface area contributed by atoms with Gasteiger partial charge in [-0.25, -0.2) is 14.6 Å². The first-order chi connectivity index (χ1) is 20.6. The van der Waals surface area contributed by atoms with Gasteiger partial charge in [-0.2, -0.15) is 13.2 Å². The number of furan rings is 1. The van der Waals surface area contributed by atoms with Crippen LogP contribution < -0.4 is 20.2 Å². The SMILES string of the molecule is COc1cc(OCc2nc(-c3ccc(C(=O)NCC(F)(F)F)cc3)sc2C)c2cc(-c3cn4c(n3)SC(OC)N4)oc2c1. The summed E-state index contributed by atoms with van der Waals surface area (Å²) in [6, 6.07) is 11.7. The van der Waals surface area contributed by atoms with E-state index < -0.39 is 18.6 Å². The highest BCUT2D eigenvalue weighted by atomic mass is 32.2. The fourth-order valence-corrected chi connectivity index (χ4v) is 6.06. The first kappa shape index (κ1) is 28.9. The maximum Gasteiger partial charge on any atom is 0.405 e. The highest BCUT2D eigenvalue weighted by molar-refractivity contribution is 7.99. The zero-order chi connectivity index (χ0) is 30.3. The number of hydrogen-bond donors (Lipinski definition) is 2. The summed E-state index contributed by atoms with van der Waals surface area (Å²) >= 11 is 2.90. The third-order valence-corrected chi connectivity index (χ3v) is 8.58. The van der Waals surface area contributed by atoms with Gasteiger partial charge in [0.05, 0.1) is 24.4 Å². The number of thioether (sulfide) groups is 1. The highest BCUT2D eigenvalue weighted by Gasteiger charge is 2.28. The van der Waals surface area contributed by atoms with Crippen LogP contribution in [-0.4, -0.2) is 53.1 Å². The zero-order valence-electron chi connectivity index (χ0n) is 22.9. The number of thiazole rings is 1. The Labute approximate surface area is 251 Å². The quantitative estimate of drug-likeness (QED) is 0.197. The molecule has 5 aromatic rings. The topological polar surface area (TPSA) is 113 Å². The molecule has 1 amide bonds. The molecule has 6 rings (SSSR count). The number of nitrogens with one attached hydrogen (secondary N) is 2. The van der Waals surface area contributed by atoms with E-state index in [0.29, 0.717) is 39.2 Å². The minimum Gasteiger partial charge on any atom is -0.496 e. The van der Waals surface area contributed by atoms with Crippen molar-refractivity contribution >= 4 is 40.0 Å². The van der Waals surface area contributed by atoms with Crippen molar-refractivity contribution in [3.05, 3.63) is 64.8 Å². The Hall–Kier alpha value is -4.21. The summed E-state index contributed by atoms with van der Waals surface area (Å²) in [6.07, 6.45) is -2.65. The van der Waals surface area contributed by atoms with Crippen molar-refractivity contribution in [1.82, 2.24) is 20.0 Å². The highest BCUT2D eigenvalue weighted by Crippen LogP contribution is 2.39. The summed E-state index contributed by atoms with van der Waals surface area (Å²) in [5.74, 6) is 0.874. The minimum atomic E-state index is -4.48. The summed E-state index contributed by atoms with van der Waals surface area (Å²) < 4.78 is 62.1. The number of aryl methyl sites for hydroxylation is 1. The summed E-state index contributed by atoms with van der Waals surface area (Å²) in [5, 5.41) is 4.05. The summed E-state index contributed by atoms with van der Waals surface area (Å²) in [4.78, 5) is 22.3. The van der Waals surface area contributed by atoms with Gasteiger partial charge >= 0.3 is 6.18 Å². The molecule has 1 aliphatic rings. The van der Waals surface area contributed by atoms with Crippen molar-refractivity contribution in [3.8, 4) is 33.5 Å². The number of fused-ring (bicyclic) bond motifs is 2. The molecule has 2 aromatic carbocycles. The summed E-state index contributed by atoms with van der Waals surface area (Å²) in [5.41, 5.74) is 5.74. The molecular weight excluding hydrogens is 607 g/mol.